The van der Waals surface area contributed by atoms with E-state index in [2.05, 4.69) is 44.1 Å². The van der Waals surface area contributed by atoms with E-state index in [0.717, 1.165) is 18.8 Å². The van der Waals surface area contributed by atoms with E-state index in [1.54, 1.807) is 18.4 Å². The monoisotopic (exact) mass is 332 g/mol. The van der Waals surface area contributed by atoms with Gasteiger partial charge in [-0.1, -0.05) is 6.92 Å². The van der Waals surface area contributed by atoms with Crippen LogP contribution in [-0.4, -0.2) is 47.3 Å². The molecule has 0 saturated carbocycles. The second-order valence-corrected chi connectivity index (χ2v) is 7.47. The molecule has 1 aromatic rings. The summed E-state index contributed by atoms with van der Waals surface area (Å²) in [5.41, 5.74) is 1.32. The van der Waals surface area contributed by atoms with Gasteiger partial charge < -0.3 is 10.6 Å². The number of nitrogens with one attached hydrogen (secondary N) is 3. The highest BCUT2D eigenvalue weighted by Crippen LogP contribution is 2.16. The summed E-state index contributed by atoms with van der Waals surface area (Å²) in [6.07, 6.45) is 1.86. The maximum Gasteiger partial charge on any atom is 0.208 e. The number of nitrogens with zero attached hydrogens (tertiary/aromatic N) is 1. The molecule has 1 rings (SSSR count). The van der Waals surface area contributed by atoms with Gasteiger partial charge in [0.05, 0.1) is 6.26 Å². The van der Waals surface area contributed by atoms with Gasteiger partial charge in [0.2, 0.25) is 10.0 Å². The summed E-state index contributed by atoms with van der Waals surface area (Å²) in [6.45, 7) is 4.06. The molecule has 1 unspecified atom stereocenters. The van der Waals surface area contributed by atoms with Gasteiger partial charge in [0, 0.05) is 26.7 Å². The van der Waals surface area contributed by atoms with Crippen molar-refractivity contribution in [2.24, 2.45) is 4.99 Å². The Morgan fingerprint density at radius 3 is 2.71 bits per heavy atom. The fourth-order valence-corrected chi connectivity index (χ4v) is 2.99. The van der Waals surface area contributed by atoms with Crippen LogP contribution in [0.5, 0.6) is 0 Å². The van der Waals surface area contributed by atoms with E-state index >= 15 is 0 Å². The highest BCUT2D eigenvalue weighted by Gasteiger charge is 2.06. The average molecular weight is 332 g/mol. The quantitative estimate of drug-likeness (QED) is 0.376. The summed E-state index contributed by atoms with van der Waals surface area (Å²) in [6, 6.07) is 2.13. The molecule has 0 fully saturated rings. The van der Waals surface area contributed by atoms with E-state index in [1.165, 1.54) is 5.56 Å². The van der Waals surface area contributed by atoms with Crippen molar-refractivity contribution in [1.29, 1.82) is 0 Å². The Morgan fingerprint density at radius 1 is 1.38 bits per heavy atom. The molecule has 0 aliphatic carbocycles. The van der Waals surface area contributed by atoms with Gasteiger partial charge in [0.25, 0.3) is 0 Å². The van der Waals surface area contributed by atoms with Gasteiger partial charge >= 0.3 is 0 Å². The van der Waals surface area contributed by atoms with Crippen LogP contribution in [0.3, 0.4) is 0 Å². The standard InChI is InChI=1S/C13H24N4O2S2/c1-11(12-5-8-20-10-12)9-16-13(14-2)15-6-4-7-17-21(3,18)19/h5,8,10-11,17H,4,6-7,9H2,1-3H3,(H2,14,15,16). The molecule has 3 N–H and O–H groups in total. The van der Waals surface area contributed by atoms with Crippen LogP contribution in [-0.2, 0) is 10.0 Å². The first-order valence-electron chi connectivity index (χ1n) is 6.83. The lowest BCUT2D eigenvalue weighted by Crippen LogP contribution is -2.40. The Labute approximate surface area is 131 Å². The van der Waals surface area contributed by atoms with E-state index in [0.29, 0.717) is 25.4 Å². The van der Waals surface area contributed by atoms with Crippen molar-refractivity contribution in [3.05, 3.63) is 22.4 Å². The van der Waals surface area contributed by atoms with Crippen LogP contribution >= 0.6 is 11.3 Å². The fourth-order valence-electron chi connectivity index (χ4n) is 1.70. The number of hydrogen-bond donors (Lipinski definition) is 3. The Hall–Kier alpha value is -1.12. The SMILES string of the molecule is CN=C(NCCCNS(C)(=O)=O)NCC(C)c1ccsc1. The van der Waals surface area contributed by atoms with Crippen LogP contribution in [0, 0.1) is 0 Å². The van der Waals surface area contributed by atoms with Crippen LogP contribution < -0.4 is 15.4 Å². The first-order chi connectivity index (χ1) is 9.92. The van der Waals surface area contributed by atoms with Gasteiger partial charge in [0.15, 0.2) is 5.96 Å². The van der Waals surface area contributed by atoms with E-state index in [1.807, 2.05) is 0 Å². The maximum atomic E-state index is 10.9. The van der Waals surface area contributed by atoms with Gasteiger partial charge in [-0.05, 0) is 34.7 Å². The van der Waals surface area contributed by atoms with E-state index in [-0.39, 0.29) is 0 Å². The number of guanidine groups is 1. The molecule has 1 aromatic heterocycles. The van der Waals surface area contributed by atoms with Gasteiger partial charge in [-0.3, -0.25) is 4.99 Å². The highest BCUT2D eigenvalue weighted by molar-refractivity contribution is 7.88. The molecule has 0 spiro atoms. The summed E-state index contributed by atoms with van der Waals surface area (Å²) < 4.78 is 24.3. The van der Waals surface area contributed by atoms with Crippen molar-refractivity contribution < 1.29 is 8.42 Å². The summed E-state index contributed by atoms with van der Waals surface area (Å²) in [5, 5.41) is 10.7. The van der Waals surface area contributed by atoms with Crippen LogP contribution in [0.15, 0.2) is 21.8 Å². The molecule has 120 valence electrons. The molecule has 1 atom stereocenters. The summed E-state index contributed by atoms with van der Waals surface area (Å²) in [5.74, 6) is 1.15. The molecule has 0 aliphatic heterocycles. The number of aliphatic imine (C=N–C) groups is 1. The van der Waals surface area contributed by atoms with E-state index in [9.17, 15) is 8.42 Å². The van der Waals surface area contributed by atoms with Crippen molar-refractivity contribution in [1.82, 2.24) is 15.4 Å². The van der Waals surface area contributed by atoms with Crippen LogP contribution in [0.1, 0.15) is 24.8 Å². The predicted molar refractivity (Wildman–Crippen MR) is 89.6 cm³/mol. The van der Waals surface area contributed by atoms with Crippen molar-refractivity contribution in [3.8, 4) is 0 Å². The van der Waals surface area contributed by atoms with Gasteiger partial charge in [-0.25, -0.2) is 13.1 Å². The minimum Gasteiger partial charge on any atom is -0.356 e. The van der Waals surface area contributed by atoms with Crippen molar-refractivity contribution in [2.75, 3.05) is 32.9 Å². The number of sulfonamides is 1. The van der Waals surface area contributed by atoms with Crippen LogP contribution in [0.25, 0.3) is 0 Å². The van der Waals surface area contributed by atoms with Crippen molar-refractivity contribution in [2.45, 2.75) is 19.3 Å². The second kappa shape index (κ2) is 9.01. The summed E-state index contributed by atoms with van der Waals surface area (Å²) in [7, 11) is -1.38. The highest BCUT2D eigenvalue weighted by atomic mass is 32.2. The molecular formula is C13H24N4O2S2. The lowest BCUT2D eigenvalue weighted by atomic mass is 10.1. The molecule has 0 aromatic carbocycles. The number of hydrogen-bond acceptors (Lipinski definition) is 4. The molecule has 0 aliphatic rings. The van der Waals surface area contributed by atoms with E-state index in [4.69, 9.17) is 0 Å². The lowest BCUT2D eigenvalue weighted by Gasteiger charge is -2.15. The summed E-state index contributed by atoms with van der Waals surface area (Å²) in [4.78, 5) is 4.15. The first kappa shape index (κ1) is 17.9. The molecule has 0 amide bonds. The molecule has 0 saturated heterocycles. The molecule has 1 heterocycles. The molecule has 6 nitrogen and oxygen atoms in total. The predicted octanol–water partition coefficient (Wildman–Crippen LogP) is 0.956. The normalized spacial score (nSPS) is 14.0. The van der Waals surface area contributed by atoms with E-state index < -0.39 is 10.0 Å². The number of rotatable bonds is 8. The molecule has 8 heteroatoms. The Morgan fingerprint density at radius 2 is 2.14 bits per heavy atom. The molecule has 21 heavy (non-hydrogen) atoms. The summed E-state index contributed by atoms with van der Waals surface area (Å²) >= 11 is 1.70. The zero-order valence-corrected chi connectivity index (χ0v) is 14.4. The second-order valence-electron chi connectivity index (χ2n) is 4.86. The Kier molecular flexibility index (Phi) is 7.69. The third kappa shape index (κ3) is 8.03. The topological polar surface area (TPSA) is 82.6 Å². The molecule has 0 radical (unpaired) electrons. The molecular weight excluding hydrogens is 308 g/mol. The van der Waals surface area contributed by atoms with Gasteiger partial charge in [0.1, 0.15) is 0 Å². The smallest absolute Gasteiger partial charge is 0.208 e. The van der Waals surface area contributed by atoms with Gasteiger partial charge in [-0.2, -0.15) is 11.3 Å². The van der Waals surface area contributed by atoms with Gasteiger partial charge in [-0.15, -0.1) is 0 Å². The number of thiophene rings is 1. The van der Waals surface area contributed by atoms with Crippen molar-refractivity contribution >= 4 is 27.3 Å². The maximum absolute atomic E-state index is 10.9. The minimum absolute atomic E-state index is 0.418. The zero-order chi connectivity index (χ0) is 15.7. The average Bonchev–Trinajstić information content (AvgIpc) is 2.94. The lowest BCUT2D eigenvalue weighted by molar-refractivity contribution is 0.584. The third-order valence-corrected chi connectivity index (χ3v) is 4.35. The minimum atomic E-state index is -3.10. The zero-order valence-electron chi connectivity index (χ0n) is 12.7. The fraction of sp³-hybridized carbons (Fsp3) is 0.615. The molecule has 0 bridgehead atoms. The van der Waals surface area contributed by atoms with Crippen LogP contribution in [0.2, 0.25) is 0 Å². The van der Waals surface area contributed by atoms with Crippen LogP contribution in [0.4, 0.5) is 0 Å². The largest absolute Gasteiger partial charge is 0.356 e. The van der Waals surface area contributed by atoms with Crippen molar-refractivity contribution in [3.63, 3.8) is 0 Å². The Balaban J connectivity index is 2.20. The third-order valence-electron chi connectivity index (χ3n) is 2.92. The Bertz CT molecular complexity index is 526. The first-order valence-corrected chi connectivity index (χ1v) is 9.67.